The minimum Gasteiger partial charge on any atom is -0.480 e. The molecule has 2 heterocycles. The fourth-order valence-corrected chi connectivity index (χ4v) is 4.55. The number of carbonyl (C=O) groups excluding carboxylic acids is 1. The summed E-state index contributed by atoms with van der Waals surface area (Å²) in [5, 5.41) is 25.4. The van der Waals surface area contributed by atoms with Gasteiger partial charge in [0.1, 0.15) is 11.9 Å². The maximum absolute atomic E-state index is 12.3. The van der Waals surface area contributed by atoms with Gasteiger partial charge in [-0.15, -0.1) is 0 Å². The summed E-state index contributed by atoms with van der Waals surface area (Å²) in [5.74, 6) is -0.245. The van der Waals surface area contributed by atoms with Crippen LogP contribution in [0.25, 0.3) is 0 Å². The molecule has 1 aromatic heterocycles. The van der Waals surface area contributed by atoms with Crippen molar-refractivity contribution >= 4 is 17.7 Å². The summed E-state index contributed by atoms with van der Waals surface area (Å²) in [6, 6.07) is 11.6. The van der Waals surface area contributed by atoms with Crippen molar-refractivity contribution in [1.29, 1.82) is 0 Å². The maximum Gasteiger partial charge on any atom is 0.326 e. The number of benzene rings is 1. The van der Waals surface area contributed by atoms with Crippen LogP contribution in [0.15, 0.2) is 42.5 Å². The van der Waals surface area contributed by atoms with Crippen LogP contribution in [0.3, 0.4) is 0 Å². The summed E-state index contributed by atoms with van der Waals surface area (Å²) in [6.45, 7) is 1.24. The standard InChI is InChI=1S/C26H33N3O5/c30-23(18-5-2-1-3-6-18)25(31)29-22(26(32)33)12-14-34-21-15-17(16-21)8-10-20-11-9-19-7-4-13-27-24(19)28-20/h1-3,5-6,9,11,17,21-23,30H,4,7-8,10,12-16H2,(H,27,28)(H,29,31)(H,32,33)/t17-,21-,22?,23-/m1/s1. The maximum atomic E-state index is 12.3. The van der Waals surface area contributed by atoms with Gasteiger partial charge < -0.3 is 25.6 Å². The molecule has 182 valence electrons. The highest BCUT2D eigenvalue weighted by molar-refractivity contribution is 5.86. The Morgan fingerprint density at radius 2 is 1.97 bits per heavy atom. The Hall–Kier alpha value is -2.97. The topological polar surface area (TPSA) is 121 Å². The predicted molar refractivity (Wildman–Crippen MR) is 127 cm³/mol. The SMILES string of the molecule is O=C(O)C(CCO[C@H]1C[C@H](CCc2ccc3c(n2)NCCC3)C1)NC(=O)[C@H](O)c1ccccc1. The average Bonchev–Trinajstić information content (AvgIpc) is 2.83. The Balaban J connectivity index is 1.14. The zero-order valence-electron chi connectivity index (χ0n) is 19.3. The van der Waals surface area contributed by atoms with Crippen molar-refractivity contribution in [1.82, 2.24) is 10.3 Å². The Morgan fingerprint density at radius 1 is 1.18 bits per heavy atom. The average molecular weight is 468 g/mol. The van der Waals surface area contributed by atoms with E-state index in [1.165, 1.54) is 5.56 Å². The van der Waals surface area contributed by atoms with E-state index in [0.29, 0.717) is 11.5 Å². The third kappa shape index (κ3) is 6.33. The number of anilines is 1. The Morgan fingerprint density at radius 3 is 2.74 bits per heavy atom. The van der Waals surface area contributed by atoms with Gasteiger partial charge >= 0.3 is 5.97 Å². The quantitative estimate of drug-likeness (QED) is 0.401. The molecule has 0 spiro atoms. The second-order valence-corrected chi connectivity index (χ2v) is 9.21. The number of aryl methyl sites for hydroxylation is 2. The summed E-state index contributed by atoms with van der Waals surface area (Å²) >= 11 is 0. The lowest BCUT2D eigenvalue weighted by Gasteiger charge is -2.35. The van der Waals surface area contributed by atoms with E-state index in [1.54, 1.807) is 30.3 Å². The molecule has 2 aromatic rings. The predicted octanol–water partition coefficient (Wildman–Crippen LogP) is 2.86. The van der Waals surface area contributed by atoms with Gasteiger partial charge in [-0.3, -0.25) is 4.79 Å². The molecule has 1 saturated carbocycles. The third-order valence-electron chi connectivity index (χ3n) is 6.69. The van der Waals surface area contributed by atoms with Gasteiger partial charge in [-0.25, -0.2) is 9.78 Å². The molecule has 4 rings (SSSR count). The van der Waals surface area contributed by atoms with E-state index in [9.17, 15) is 19.8 Å². The first-order valence-electron chi connectivity index (χ1n) is 12.1. The van der Waals surface area contributed by atoms with Crippen molar-refractivity contribution in [2.45, 2.75) is 63.2 Å². The number of aliphatic carboxylic acids is 1. The molecule has 8 nitrogen and oxygen atoms in total. The van der Waals surface area contributed by atoms with Crippen LogP contribution < -0.4 is 10.6 Å². The van der Waals surface area contributed by atoms with Crippen LogP contribution in [0.5, 0.6) is 0 Å². The van der Waals surface area contributed by atoms with Gasteiger partial charge in [-0.05, 0) is 61.6 Å². The number of hydrogen-bond donors (Lipinski definition) is 4. The van der Waals surface area contributed by atoms with Gasteiger partial charge in [0.25, 0.3) is 5.91 Å². The molecular formula is C26H33N3O5. The zero-order chi connectivity index (χ0) is 23.9. The third-order valence-corrected chi connectivity index (χ3v) is 6.69. The molecule has 1 unspecified atom stereocenters. The highest BCUT2D eigenvalue weighted by Crippen LogP contribution is 2.34. The number of rotatable bonds is 11. The number of hydrogen-bond acceptors (Lipinski definition) is 6. The molecule has 2 atom stereocenters. The summed E-state index contributed by atoms with van der Waals surface area (Å²) < 4.78 is 5.84. The van der Waals surface area contributed by atoms with Gasteiger partial charge in [0.15, 0.2) is 6.10 Å². The van der Waals surface area contributed by atoms with E-state index < -0.39 is 24.0 Å². The lowest BCUT2D eigenvalue weighted by molar-refractivity contribution is -0.144. The molecule has 2 aliphatic rings. The number of carboxylic acid groups (broad SMARTS) is 1. The van der Waals surface area contributed by atoms with Gasteiger partial charge in [-0.2, -0.15) is 0 Å². The van der Waals surface area contributed by atoms with E-state index in [1.807, 2.05) is 0 Å². The van der Waals surface area contributed by atoms with Crippen molar-refractivity contribution in [3.05, 3.63) is 59.3 Å². The van der Waals surface area contributed by atoms with E-state index in [4.69, 9.17) is 9.72 Å². The molecule has 1 aromatic carbocycles. The van der Waals surface area contributed by atoms with Crippen LogP contribution in [0.2, 0.25) is 0 Å². The van der Waals surface area contributed by atoms with Crippen molar-refractivity contribution in [2.75, 3.05) is 18.5 Å². The number of amides is 1. The second-order valence-electron chi connectivity index (χ2n) is 9.21. The largest absolute Gasteiger partial charge is 0.480 e. The van der Waals surface area contributed by atoms with Crippen molar-refractivity contribution < 1.29 is 24.5 Å². The molecule has 1 amide bonds. The highest BCUT2D eigenvalue weighted by Gasteiger charge is 2.30. The Labute approximate surface area is 199 Å². The summed E-state index contributed by atoms with van der Waals surface area (Å²) in [7, 11) is 0. The number of pyridine rings is 1. The van der Waals surface area contributed by atoms with E-state index >= 15 is 0 Å². The molecule has 1 aliphatic carbocycles. The van der Waals surface area contributed by atoms with Crippen LogP contribution in [0, 0.1) is 5.92 Å². The summed E-state index contributed by atoms with van der Waals surface area (Å²) in [4.78, 5) is 28.6. The van der Waals surface area contributed by atoms with Crippen molar-refractivity contribution in [3.8, 4) is 0 Å². The van der Waals surface area contributed by atoms with Crippen molar-refractivity contribution in [2.24, 2.45) is 5.92 Å². The van der Waals surface area contributed by atoms with Crippen LogP contribution in [0.4, 0.5) is 5.82 Å². The molecule has 1 aliphatic heterocycles. The number of aliphatic hydroxyl groups is 1. The molecule has 4 N–H and O–H groups in total. The monoisotopic (exact) mass is 467 g/mol. The minimum absolute atomic E-state index is 0.128. The van der Waals surface area contributed by atoms with Crippen LogP contribution >= 0.6 is 0 Å². The van der Waals surface area contributed by atoms with E-state index in [2.05, 4.69) is 22.8 Å². The summed E-state index contributed by atoms with van der Waals surface area (Å²) in [6.07, 6.45) is 5.06. The van der Waals surface area contributed by atoms with Gasteiger partial charge in [-0.1, -0.05) is 36.4 Å². The van der Waals surface area contributed by atoms with Crippen LogP contribution in [-0.4, -0.2) is 52.4 Å². The highest BCUT2D eigenvalue weighted by atomic mass is 16.5. The van der Waals surface area contributed by atoms with Gasteiger partial charge in [0.2, 0.25) is 0 Å². The Kier molecular flexibility index (Phi) is 8.13. The number of aromatic nitrogens is 1. The Bertz CT molecular complexity index is 978. The van der Waals surface area contributed by atoms with E-state index in [-0.39, 0.29) is 19.1 Å². The number of carbonyl (C=O) groups is 2. The minimum atomic E-state index is -1.41. The first-order chi connectivity index (χ1) is 16.5. The first-order valence-corrected chi connectivity index (χ1v) is 12.1. The molecule has 1 fully saturated rings. The number of nitrogens with one attached hydrogen (secondary N) is 2. The molecule has 8 heteroatoms. The number of fused-ring (bicyclic) bond motifs is 1. The van der Waals surface area contributed by atoms with Gasteiger partial charge in [0.05, 0.1) is 6.10 Å². The lowest BCUT2D eigenvalue weighted by Crippen LogP contribution is -2.44. The molecule has 0 bridgehead atoms. The zero-order valence-corrected chi connectivity index (χ0v) is 19.3. The fraction of sp³-hybridized carbons (Fsp3) is 0.500. The summed E-state index contributed by atoms with van der Waals surface area (Å²) in [5.41, 5.74) is 2.84. The number of ether oxygens (including phenoxy) is 1. The fourth-order valence-electron chi connectivity index (χ4n) is 4.55. The lowest BCUT2D eigenvalue weighted by atomic mass is 9.79. The molecule has 0 saturated heterocycles. The first kappa shape index (κ1) is 24.2. The van der Waals surface area contributed by atoms with Gasteiger partial charge in [0, 0.05) is 25.3 Å². The smallest absolute Gasteiger partial charge is 0.326 e. The van der Waals surface area contributed by atoms with Crippen molar-refractivity contribution in [3.63, 3.8) is 0 Å². The normalized spacial score (nSPS) is 20.9. The van der Waals surface area contributed by atoms with Crippen LogP contribution in [0.1, 0.15) is 55.0 Å². The van der Waals surface area contributed by atoms with Crippen LogP contribution in [-0.2, 0) is 27.2 Å². The number of aliphatic hydroxyl groups excluding tert-OH is 1. The number of carboxylic acids is 1. The number of nitrogens with zero attached hydrogens (tertiary/aromatic N) is 1. The molecule has 0 radical (unpaired) electrons. The molecule has 34 heavy (non-hydrogen) atoms. The second kappa shape index (κ2) is 11.4. The van der Waals surface area contributed by atoms with E-state index in [0.717, 1.165) is 56.6 Å². The molecular weight excluding hydrogens is 434 g/mol.